The Labute approximate surface area is 113 Å². The molecule has 0 spiro atoms. The van der Waals surface area contributed by atoms with Crippen molar-refractivity contribution in [2.45, 2.75) is 19.4 Å². The number of carbonyl (C=O) groups excluding carboxylic acids is 1. The highest BCUT2D eigenvalue weighted by molar-refractivity contribution is 5.92. The van der Waals surface area contributed by atoms with E-state index in [-0.39, 0.29) is 5.91 Å². The summed E-state index contributed by atoms with van der Waals surface area (Å²) in [4.78, 5) is 24.0. The van der Waals surface area contributed by atoms with Crippen LogP contribution in [0.25, 0.3) is 0 Å². The molecule has 0 aliphatic carbocycles. The third-order valence-electron chi connectivity index (χ3n) is 3.05. The minimum atomic E-state index is -0.697. The van der Waals surface area contributed by atoms with Crippen LogP contribution in [-0.4, -0.2) is 69.1 Å². The van der Waals surface area contributed by atoms with E-state index in [1.807, 2.05) is 0 Å². The molecule has 0 bridgehead atoms. The van der Waals surface area contributed by atoms with Crippen molar-refractivity contribution in [1.82, 2.24) is 19.8 Å². The molecule has 1 fully saturated rings. The first-order chi connectivity index (χ1) is 8.96. The lowest BCUT2D eigenvalue weighted by Gasteiger charge is -2.37. The van der Waals surface area contributed by atoms with Gasteiger partial charge in [-0.1, -0.05) is 0 Å². The van der Waals surface area contributed by atoms with Gasteiger partial charge in [0.2, 0.25) is 0 Å². The van der Waals surface area contributed by atoms with Crippen LogP contribution in [0.3, 0.4) is 0 Å². The molecule has 19 heavy (non-hydrogen) atoms. The molecule has 0 radical (unpaired) electrons. The van der Waals surface area contributed by atoms with Gasteiger partial charge in [0.1, 0.15) is 5.69 Å². The van der Waals surface area contributed by atoms with Crippen molar-refractivity contribution in [3.63, 3.8) is 0 Å². The highest BCUT2D eigenvalue weighted by Crippen LogP contribution is 2.10. The molecule has 0 saturated carbocycles. The number of amides is 1. The normalized spacial score (nSPS) is 17.5. The number of piperazine rings is 1. The average Bonchev–Trinajstić information content (AvgIpc) is 2.38. The van der Waals surface area contributed by atoms with Gasteiger partial charge in [-0.3, -0.25) is 14.7 Å². The van der Waals surface area contributed by atoms with Gasteiger partial charge in [-0.2, -0.15) is 0 Å². The number of aliphatic hydroxyl groups is 1. The summed E-state index contributed by atoms with van der Waals surface area (Å²) in [6.45, 7) is 7.08. The Morgan fingerprint density at radius 3 is 2.53 bits per heavy atom. The van der Waals surface area contributed by atoms with E-state index in [1.165, 1.54) is 12.4 Å². The zero-order valence-electron chi connectivity index (χ0n) is 11.4. The summed E-state index contributed by atoms with van der Waals surface area (Å²) in [5, 5.41) is 9.78. The molecule has 0 atom stereocenters. The summed E-state index contributed by atoms with van der Waals surface area (Å²) in [7, 11) is 0. The molecule has 6 heteroatoms. The number of carbonyl (C=O) groups is 1. The SMILES string of the molecule is CC(C)(O)CN1CCN(C(=O)c2cnccn2)CC1. The summed E-state index contributed by atoms with van der Waals surface area (Å²) < 4.78 is 0. The summed E-state index contributed by atoms with van der Waals surface area (Å²) in [6, 6.07) is 0. The van der Waals surface area contributed by atoms with Crippen LogP contribution in [0.5, 0.6) is 0 Å². The lowest BCUT2D eigenvalue weighted by Crippen LogP contribution is -2.52. The molecule has 1 aliphatic rings. The number of nitrogens with zero attached hydrogens (tertiary/aromatic N) is 4. The number of rotatable bonds is 3. The smallest absolute Gasteiger partial charge is 0.274 e. The Hall–Kier alpha value is -1.53. The van der Waals surface area contributed by atoms with Gasteiger partial charge in [0, 0.05) is 45.1 Å². The summed E-state index contributed by atoms with van der Waals surface area (Å²) in [5.41, 5.74) is -0.310. The summed E-state index contributed by atoms with van der Waals surface area (Å²) in [5.74, 6) is -0.0731. The third kappa shape index (κ3) is 3.97. The fourth-order valence-corrected chi connectivity index (χ4v) is 2.23. The number of hydrogen-bond acceptors (Lipinski definition) is 5. The Bertz CT molecular complexity index is 422. The van der Waals surface area contributed by atoms with Crippen molar-refractivity contribution in [3.8, 4) is 0 Å². The van der Waals surface area contributed by atoms with Crippen LogP contribution < -0.4 is 0 Å². The predicted molar refractivity (Wildman–Crippen MR) is 70.7 cm³/mol. The van der Waals surface area contributed by atoms with Gasteiger partial charge in [-0.25, -0.2) is 4.98 Å². The highest BCUT2D eigenvalue weighted by atomic mass is 16.3. The van der Waals surface area contributed by atoms with E-state index >= 15 is 0 Å². The van der Waals surface area contributed by atoms with Crippen LogP contribution in [0, 0.1) is 0 Å². The first-order valence-electron chi connectivity index (χ1n) is 6.46. The fraction of sp³-hybridized carbons (Fsp3) is 0.615. The molecule has 1 N–H and O–H groups in total. The van der Waals surface area contributed by atoms with Crippen molar-refractivity contribution >= 4 is 5.91 Å². The van der Waals surface area contributed by atoms with Crippen LogP contribution in [0.2, 0.25) is 0 Å². The van der Waals surface area contributed by atoms with E-state index in [0.29, 0.717) is 25.3 Å². The average molecular weight is 264 g/mol. The van der Waals surface area contributed by atoms with E-state index < -0.39 is 5.60 Å². The number of β-amino-alcohol motifs (C(OH)–C–C–N with tert-alkyl or cyclic N) is 1. The van der Waals surface area contributed by atoms with Crippen molar-refractivity contribution in [2.24, 2.45) is 0 Å². The molecule has 2 rings (SSSR count). The molecule has 1 aliphatic heterocycles. The topological polar surface area (TPSA) is 69.6 Å². The van der Waals surface area contributed by atoms with E-state index in [2.05, 4.69) is 14.9 Å². The van der Waals surface area contributed by atoms with Gasteiger partial charge in [0.05, 0.1) is 11.8 Å². The van der Waals surface area contributed by atoms with Gasteiger partial charge in [0.15, 0.2) is 0 Å². The van der Waals surface area contributed by atoms with Gasteiger partial charge >= 0.3 is 0 Å². The van der Waals surface area contributed by atoms with E-state index in [1.54, 1.807) is 24.9 Å². The minimum absolute atomic E-state index is 0.0731. The quantitative estimate of drug-likeness (QED) is 0.832. The Kier molecular flexibility index (Phi) is 4.11. The molecule has 1 saturated heterocycles. The van der Waals surface area contributed by atoms with Gasteiger partial charge < -0.3 is 10.0 Å². The van der Waals surface area contributed by atoms with Crippen LogP contribution >= 0.6 is 0 Å². The van der Waals surface area contributed by atoms with Crippen molar-refractivity contribution in [3.05, 3.63) is 24.3 Å². The highest BCUT2D eigenvalue weighted by Gasteiger charge is 2.25. The standard InChI is InChI=1S/C13H20N4O2/c1-13(2,19)10-16-5-7-17(8-6-16)12(18)11-9-14-3-4-15-11/h3-4,9,19H,5-8,10H2,1-2H3. The Balaban J connectivity index is 1.88. The third-order valence-corrected chi connectivity index (χ3v) is 3.05. The predicted octanol–water partition coefficient (Wildman–Crippen LogP) is 0.00530. The second-order valence-corrected chi connectivity index (χ2v) is 5.47. The molecule has 1 aromatic rings. The minimum Gasteiger partial charge on any atom is -0.389 e. The van der Waals surface area contributed by atoms with Crippen LogP contribution in [0.4, 0.5) is 0 Å². The Morgan fingerprint density at radius 2 is 2.00 bits per heavy atom. The second kappa shape index (κ2) is 5.63. The van der Waals surface area contributed by atoms with Crippen molar-refractivity contribution in [2.75, 3.05) is 32.7 Å². The molecular weight excluding hydrogens is 244 g/mol. The maximum Gasteiger partial charge on any atom is 0.274 e. The largest absolute Gasteiger partial charge is 0.389 e. The molecule has 104 valence electrons. The fourth-order valence-electron chi connectivity index (χ4n) is 2.23. The zero-order chi connectivity index (χ0) is 13.9. The second-order valence-electron chi connectivity index (χ2n) is 5.47. The zero-order valence-corrected chi connectivity index (χ0v) is 11.4. The van der Waals surface area contributed by atoms with Gasteiger partial charge in [0.25, 0.3) is 5.91 Å². The molecule has 1 aromatic heterocycles. The van der Waals surface area contributed by atoms with Crippen LogP contribution in [-0.2, 0) is 0 Å². The van der Waals surface area contributed by atoms with E-state index in [4.69, 9.17) is 0 Å². The summed E-state index contributed by atoms with van der Waals surface area (Å²) in [6.07, 6.45) is 4.57. The molecule has 0 aromatic carbocycles. The summed E-state index contributed by atoms with van der Waals surface area (Å²) >= 11 is 0. The van der Waals surface area contributed by atoms with E-state index in [0.717, 1.165) is 13.1 Å². The van der Waals surface area contributed by atoms with E-state index in [9.17, 15) is 9.90 Å². The molecule has 2 heterocycles. The lowest BCUT2D eigenvalue weighted by atomic mass is 10.1. The van der Waals surface area contributed by atoms with Gasteiger partial charge in [-0.15, -0.1) is 0 Å². The molecule has 1 amide bonds. The van der Waals surface area contributed by atoms with Crippen molar-refractivity contribution in [1.29, 1.82) is 0 Å². The molecular formula is C13H20N4O2. The van der Waals surface area contributed by atoms with Crippen LogP contribution in [0.15, 0.2) is 18.6 Å². The number of hydrogen-bond donors (Lipinski definition) is 1. The molecule has 0 unspecified atom stereocenters. The maximum absolute atomic E-state index is 12.1. The monoisotopic (exact) mass is 264 g/mol. The molecule has 6 nitrogen and oxygen atoms in total. The van der Waals surface area contributed by atoms with Crippen molar-refractivity contribution < 1.29 is 9.90 Å². The first kappa shape index (κ1) is 13.9. The maximum atomic E-state index is 12.1. The van der Waals surface area contributed by atoms with Gasteiger partial charge in [-0.05, 0) is 13.8 Å². The van der Waals surface area contributed by atoms with Crippen LogP contribution in [0.1, 0.15) is 24.3 Å². The first-order valence-corrected chi connectivity index (χ1v) is 6.46. The Morgan fingerprint density at radius 1 is 1.32 bits per heavy atom. The lowest BCUT2D eigenvalue weighted by molar-refractivity contribution is 0.0177. The number of aromatic nitrogens is 2.